The lowest BCUT2D eigenvalue weighted by molar-refractivity contribution is -0.112. The number of halogens is 3. The topological polar surface area (TPSA) is 43.4 Å². The van der Waals surface area contributed by atoms with Gasteiger partial charge in [-0.2, -0.15) is 0 Å². The Balaban J connectivity index is 3.31. The zero-order valence-electron chi connectivity index (χ0n) is 8.22. The maximum absolute atomic E-state index is 11.7. The second-order valence-electron chi connectivity index (χ2n) is 2.85. The van der Waals surface area contributed by atoms with Gasteiger partial charge in [-0.3, -0.25) is 9.59 Å². The number of carbonyl (C=O) groups excluding carboxylic acids is 2. The summed E-state index contributed by atoms with van der Waals surface area (Å²) in [5.41, 5.74) is 0.0736. The number of hydrogen-bond donors (Lipinski definition) is 0. The normalized spacial score (nSPS) is 10.0. The van der Waals surface area contributed by atoms with Crippen LogP contribution in [0.5, 0.6) is 5.75 Å². The molecule has 1 aromatic rings. The highest BCUT2D eigenvalue weighted by Gasteiger charge is 2.21. The fourth-order valence-electron chi connectivity index (χ4n) is 1.15. The number of rotatable bonds is 4. The highest BCUT2D eigenvalue weighted by atomic mass is 79.9. The molecule has 0 fully saturated rings. The lowest BCUT2D eigenvalue weighted by Crippen LogP contribution is -2.16. The van der Waals surface area contributed by atoms with E-state index in [1.165, 1.54) is 19.2 Å². The first-order valence-electron chi connectivity index (χ1n) is 4.17. The molecular weight excluding hydrogens is 319 g/mol. The summed E-state index contributed by atoms with van der Waals surface area (Å²) < 4.78 is 4.97. The Morgan fingerprint density at radius 2 is 2.00 bits per heavy atom. The molecule has 6 heteroatoms. The molecule has 0 spiro atoms. The standard InChI is InChI=1S/C10H7BrCl2O3/c1-16-10-6(9(15)8(14)4-11)2-5(12)3-7(10)13/h2-3H,4H2,1H3. The molecule has 0 aromatic heterocycles. The summed E-state index contributed by atoms with van der Waals surface area (Å²) in [6.07, 6.45) is 0. The highest BCUT2D eigenvalue weighted by Crippen LogP contribution is 2.32. The number of methoxy groups -OCH3 is 1. The summed E-state index contributed by atoms with van der Waals surface area (Å²) in [6, 6.07) is 2.80. The molecule has 1 rings (SSSR count). The van der Waals surface area contributed by atoms with Crippen molar-refractivity contribution in [1.82, 2.24) is 0 Å². The fourth-order valence-corrected chi connectivity index (χ4v) is 1.97. The summed E-state index contributed by atoms with van der Waals surface area (Å²) in [4.78, 5) is 22.9. The third-order valence-electron chi connectivity index (χ3n) is 1.83. The molecule has 0 saturated heterocycles. The zero-order chi connectivity index (χ0) is 12.3. The van der Waals surface area contributed by atoms with Crippen LogP contribution >= 0.6 is 39.1 Å². The van der Waals surface area contributed by atoms with Gasteiger partial charge in [-0.1, -0.05) is 39.1 Å². The van der Waals surface area contributed by atoms with Crippen LogP contribution in [0.15, 0.2) is 12.1 Å². The Labute approximate surface area is 111 Å². The molecule has 3 nitrogen and oxygen atoms in total. The summed E-state index contributed by atoms with van der Waals surface area (Å²) in [7, 11) is 1.37. The molecule has 0 heterocycles. The van der Waals surface area contributed by atoms with Crippen LogP contribution < -0.4 is 4.74 Å². The Morgan fingerprint density at radius 3 is 2.50 bits per heavy atom. The van der Waals surface area contributed by atoms with Gasteiger partial charge < -0.3 is 4.74 Å². The van der Waals surface area contributed by atoms with Gasteiger partial charge in [0.15, 0.2) is 0 Å². The first kappa shape index (κ1) is 13.5. The van der Waals surface area contributed by atoms with Crippen molar-refractivity contribution in [3.8, 4) is 5.75 Å². The molecule has 0 bridgehead atoms. The largest absolute Gasteiger partial charge is 0.494 e. The summed E-state index contributed by atoms with van der Waals surface area (Å²) in [6.45, 7) is 0. The number of Topliss-reactive ketones (excluding diaryl/α,β-unsaturated/α-hetero) is 2. The zero-order valence-corrected chi connectivity index (χ0v) is 11.3. The van der Waals surface area contributed by atoms with E-state index < -0.39 is 11.6 Å². The third kappa shape index (κ3) is 2.75. The number of alkyl halides is 1. The summed E-state index contributed by atoms with van der Waals surface area (Å²) in [5.74, 6) is -1.11. The smallest absolute Gasteiger partial charge is 0.233 e. The van der Waals surface area contributed by atoms with E-state index in [0.717, 1.165) is 0 Å². The van der Waals surface area contributed by atoms with E-state index in [-0.39, 0.29) is 26.7 Å². The van der Waals surface area contributed by atoms with Gasteiger partial charge in [0.1, 0.15) is 5.75 Å². The van der Waals surface area contributed by atoms with Gasteiger partial charge in [0, 0.05) is 5.02 Å². The maximum atomic E-state index is 11.7. The van der Waals surface area contributed by atoms with Crippen molar-refractivity contribution in [3.63, 3.8) is 0 Å². The molecule has 86 valence electrons. The van der Waals surface area contributed by atoms with Gasteiger partial charge in [0.25, 0.3) is 0 Å². The number of benzene rings is 1. The van der Waals surface area contributed by atoms with E-state index >= 15 is 0 Å². The number of ether oxygens (including phenoxy) is 1. The van der Waals surface area contributed by atoms with Crippen molar-refractivity contribution in [3.05, 3.63) is 27.7 Å². The molecule has 0 radical (unpaired) electrons. The quantitative estimate of drug-likeness (QED) is 0.485. The maximum Gasteiger partial charge on any atom is 0.233 e. The van der Waals surface area contributed by atoms with E-state index in [2.05, 4.69) is 15.9 Å². The second kappa shape index (κ2) is 5.66. The van der Waals surface area contributed by atoms with Crippen LogP contribution in [0.4, 0.5) is 0 Å². The summed E-state index contributed by atoms with van der Waals surface area (Å²) in [5, 5.41) is 0.413. The van der Waals surface area contributed by atoms with Gasteiger partial charge in [0.2, 0.25) is 11.6 Å². The average Bonchev–Trinajstić information content (AvgIpc) is 2.26. The number of carbonyl (C=O) groups is 2. The highest BCUT2D eigenvalue weighted by molar-refractivity contribution is 9.09. The molecule has 0 aliphatic carbocycles. The first-order valence-corrected chi connectivity index (χ1v) is 6.05. The van der Waals surface area contributed by atoms with Crippen LogP contribution in [0.1, 0.15) is 10.4 Å². The van der Waals surface area contributed by atoms with Crippen LogP contribution in [-0.2, 0) is 4.79 Å². The Morgan fingerprint density at radius 1 is 1.38 bits per heavy atom. The van der Waals surface area contributed by atoms with Crippen LogP contribution in [0.3, 0.4) is 0 Å². The molecule has 0 N–H and O–H groups in total. The lowest BCUT2D eigenvalue weighted by atomic mass is 10.1. The third-order valence-corrected chi connectivity index (χ3v) is 2.84. The molecule has 0 amide bonds. The van der Waals surface area contributed by atoms with Crippen molar-refractivity contribution < 1.29 is 14.3 Å². The second-order valence-corrected chi connectivity index (χ2v) is 4.26. The van der Waals surface area contributed by atoms with Crippen LogP contribution in [0.25, 0.3) is 0 Å². The van der Waals surface area contributed by atoms with E-state index in [1.54, 1.807) is 0 Å². The van der Waals surface area contributed by atoms with Gasteiger partial charge >= 0.3 is 0 Å². The fraction of sp³-hybridized carbons (Fsp3) is 0.200. The molecule has 16 heavy (non-hydrogen) atoms. The van der Waals surface area contributed by atoms with Gasteiger partial charge in [-0.25, -0.2) is 0 Å². The van der Waals surface area contributed by atoms with E-state index in [9.17, 15) is 9.59 Å². The minimum Gasteiger partial charge on any atom is -0.494 e. The molecule has 0 unspecified atom stereocenters. The van der Waals surface area contributed by atoms with Gasteiger partial charge in [0.05, 0.1) is 23.0 Å². The molecule has 0 aliphatic heterocycles. The lowest BCUT2D eigenvalue weighted by Gasteiger charge is -2.08. The molecule has 0 saturated carbocycles. The van der Waals surface area contributed by atoms with Crippen molar-refractivity contribution in [2.24, 2.45) is 0 Å². The van der Waals surface area contributed by atoms with Crippen molar-refractivity contribution in [2.45, 2.75) is 0 Å². The molecule has 0 atom stereocenters. The van der Waals surface area contributed by atoms with Gasteiger partial charge in [-0.05, 0) is 12.1 Å². The SMILES string of the molecule is COc1c(Cl)cc(Cl)cc1C(=O)C(=O)CBr. The van der Waals surface area contributed by atoms with E-state index in [0.29, 0.717) is 0 Å². The predicted octanol–water partition coefficient (Wildman–Crippen LogP) is 3.15. The number of ketones is 2. The predicted molar refractivity (Wildman–Crippen MR) is 66.1 cm³/mol. The molecular formula is C10H7BrCl2O3. The molecule has 0 aliphatic rings. The minimum atomic E-state index is -0.682. The summed E-state index contributed by atoms with van der Waals surface area (Å²) >= 11 is 14.5. The van der Waals surface area contributed by atoms with Crippen LogP contribution in [0.2, 0.25) is 10.0 Å². The first-order chi connectivity index (χ1) is 7.51. The van der Waals surface area contributed by atoms with Crippen LogP contribution in [-0.4, -0.2) is 24.0 Å². The molecule has 1 aromatic carbocycles. The average molecular weight is 326 g/mol. The van der Waals surface area contributed by atoms with Crippen molar-refractivity contribution in [2.75, 3.05) is 12.4 Å². The van der Waals surface area contributed by atoms with E-state index in [4.69, 9.17) is 27.9 Å². The van der Waals surface area contributed by atoms with E-state index in [1.807, 2.05) is 0 Å². The minimum absolute atomic E-state index is 0.0564. The monoisotopic (exact) mass is 324 g/mol. The van der Waals surface area contributed by atoms with Crippen LogP contribution in [0, 0.1) is 0 Å². The number of hydrogen-bond acceptors (Lipinski definition) is 3. The Hall–Kier alpha value is -0.580. The Kier molecular flexibility index (Phi) is 4.77. The Bertz CT molecular complexity index is 446. The van der Waals surface area contributed by atoms with Gasteiger partial charge in [-0.15, -0.1) is 0 Å². The van der Waals surface area contributed by atoms with Crippen molar-refractivity contribution in [1.29, 1.82) is 0 Å². The van der Waals surface area contributed by atoms with Crippen molar-refractivity contribution >= 4 is 50.7 Å².